The highest BCUT2D eigenvalue weighted by Crippen LogP contribution is 2.24. The maximum Gasteiger partial charge on any atom is 0.294 e. The van der Waals surface area contributed by atoms with Crippen LogP contribution in [-0.2, 0) is 9.68 Å². The molecule has 0 unspecified atom stereocenters. The average molecular weight is 238 g/mol. The van der Waals surface area contributed by atoms with Gasteiger partial charge in [0.2, 0.25) is 0 Å². The highest BCUT2D eigenvalue weighted by atomic mass is 17.0. The van der Waals surface area contributed by atoms with E-state index in [2.05, 4.69) is 9.68 Å². The fourth-order valence-electron chi connectivity index (χ4n) is 1.54. The number of aliphatic hydroxyl groups excluding tert-OH is 2. The molecule has 0 aromatic rings. The van der Waals surface area contributed by atoms with E-state index in [4.69, 9.17) is 0 Å². The zero-order valence-corrected chi connectivity index (χ0v) is 7.96. The van der Waals surface area contributed by atoms with Crippen molar-refractivity contribution in [3.8, 4) is 0 Å². The van der Waals surface area contributed by atoms with E-state index < -0.39 is 34.6 Å². The van der Waals surface area contributed by atoms with Crippen molar-refractivity contribution in [2.24, 2.45) is 0 Å². The van der Waals surface area contributed by atoms with Gasteiger partial charge in [-0.15, -0.1) is 20.2 Å². The smallest absolute Gasteiger partial charge is 0.294 e. The van der Waals surface area contributed by atoms with Crippen molar-refractivity contribution in [1.29, 1.82) is 0 Å². The Balaban J connectivity index is 2.60. The summed E-state index contributed by atoms with van der Waals surface area (Å²) in [5.41, 5.74) is 0. The summed E-state index contributed by atoms with van der Waals surface area (Å²) in [6.45, 7) is 0. The molecule has 0 aromatic heterocycles. The maximum absolute atomic E-state index is 10.1. The normalized spacial score (nSPS) is 34.1. The molecule has 0 saturated heterocycles. The number of rotatable bonds is 4. The van der Waals surface area contributed by atoms with Gasteiger partial charge in [-0.1, -0.05) is 0 Å². The van der Waals surface area contributed by atoms with E-state index >= 15 is 0 Å². The molecule has 1 aliphatic carbocycles. The number of hydrogen-bond donors (Lipinski definition) is 2. The lowest BCUT2D eigenvalue weighted by Crippen LogP contribution is -2.48. The van der Waals surface area contributed by atoms with Gasteiger partial charge in [0.05, 0.1) is 12.2 Å². The Morgan fingerprint density at radius 3 is 1.62 bits per heavy atom. The molecule has 0 aromatic carbocycles. The maximum atomic E-state index is 10.1. The second kappa shape index (κ2) is 4.90. The van der Waals surface area contributed by atoms with Crippen molar-refractivity contribution >= 4 is 0 Å². The molecular formula is C6H10N2O8. The summed E-state index contributed by atoms with van der Waals surface area (Å²) >= 11 is 0. The number of nitrogens with zero attached hydrogens (tertiary/aromatic N) is 2. The van der Waals surface area contributed by atoms with Crippen molar-refractivity contribution in [2.75, 3.05) is 0 Å². The third-order valence-corrected chi connectivity index (χ3v) is 2.25. The summed E-state index contributed by atoms with van der Waals surface area (Å²) in [6.07, 6.45) is -5.59. The first kappa shape index (κ1) is 12.4. The molecule has 16 heavy (non-hydrogen) atoms. The summed E-state index contributed by atoms with van der Waals surface area (Å²) in [5, 5.41) is 36.6. The predicted octanol–water partition coefficient (Wildman–Crippen LogP) is -1.34. The molecule has 1 fully saturated rings. The Kier molecular flexibility index (Phi) is 3.79. The molecule has 2 N–H and O–H groups in total. The molecule has 4 atom stereocenters. The van der Waals surface area contributed by atoms with Crippen LogP contribution in [0.3, 0.4) is 0 Å². The van der Waals surface area contributed by atoms with Gasteiger partial charge in [-0.05, 0) is 0 Å². The van der Waals surface area contributed by atoms with E-state index in [9.17, 15) is 30.4 Å². The van der Waals surface area contributed by atoms with Gasteiger partial charge in [0.15, 0.2) is 0 Å². The zero-order chi connectivity index (χ0) is 12.3. The highest BCUT2D eigenvalue weighted by molar-refractivity contribution is 4.86. The van der Waals surface area contributed by atoms with E-state index in [-0.39, 0.29) is 12.8 Å². The van der Waals surface area contributed by atoms with E-state index in [0.717, 1.165) is 0 Å². The highest BCUT2D eigenvalue weighted by Gasteiger charge is 2.39. The lowest BCUT2D eigenvalue weighted by atomic mass is 9.90. The minimum absolute atomic E-state index is 0.281. The minimum atomic E-state index is -1.26. The van der Waals surface area contributed by atoms with Gasteiger partial charge in [-0.3, -0.25) is 0 Å². The lowest BCUT2D eigenvalue weighted by molar-refractivity contribution is -0.783. The quantitative estimate of drug-likeness (QED) is 0.451. The molecule has 1 rings (SSSR count). The Hall–Kier alpha value is -1.68. The van der Waals surface area contributed by atoms with Crippen molar-refractivity contribution in [1.82, 2.24) is 0 Å². The van der Waals surface area contributed by atoms with Gasteiger partial charge in [0, 0.05) is 12.8 Å². The third-order valence-electron chi connectivity index (χ3n) is 2.25. The summed E-state index contributed by atoms with van der Waals surface area (Å²) < 4.78 is 0. The SMILES string of the molecule is O=[N+]([O-])O[C@H]1C[C@H](O[N+](=O)[O-])[C@@H](O)C[C@@H]1O. The largest absolute Gasteiger partial charge is 0.391 e. The average Bonchev–Trinajstić information content (AvgIpc) is 2.11. The van der Waals surface area contributed by atoms with Crippen LogP contribution in [0.2, 0.25) is 0 Å². The van der Waals surface area contributed by atoms with Crippen LogP contribution in [-0.4, -0.2) is 44.8 Å². The lowest BCUT2D eigenvalue weighted by Gasteiger charge is -2.33. The van der Waals surface area contributed by atoms with Crippen LogP contribution >= 0.6 is 0 Å². The summed E-state index contributed by atoms with van der Waals surface area (Å²) in [7, 11) is 0. The summed E-state index contributed by atoms with van der Waals surface area (Å²) in [5.74, 6) is 0. The van der Waals surface area contributed by atoms with Gasteiger partial charge in [0.1, 0.15) is 12.2 Å². The molecule has 1 saturated carbocycles. The van der Waals surface area contributed by atoms with Crippen LogP contribution in [0.25, 0.3) is 0 Å². The summed E-state index contributed by atoms with van der Waals surface area (Å²) in [4.78, 5) is 28.4. The fraction of sp³-hybridized carbons (Fsp3) is 1.00. The van der Waals surface area contributed by atoms with Gasteiger partial charge >= 0.3 is 0 Å². The van der Waals surface area contributed by atoms with E-state index in [1.807, 2.05) is 0 Å². The first-order valence-electron chi connectivity index (χ1n) is 4.38. The molecule has 0 heterocycles. The minimum Gasteiger partial charge on any atom is -0.391 e. The van der Waals surface area contributed by atoms with Crippen LogP contribution in [0.1, 0.15) is 12.8 Å². The Bertz CT molecular complexity index is 258. The molecule has 0 bridgehead atoms. The molecule has 0 spiro atoms. The van der Waals surface area contributed by atoms with E-state index in [1.54, 1.807) is 0 Å². The van der Waals surface area contributed by atoms with Crippen molar-refractivity contribution in [2.45, 2.75) is 37.3 Å². The number of hydrogen-bond acceptors (Lipinski definition) is 8. The topological polar surface area (TPSA) is 145 Å². The first-order chi connectivity index (χ1) is 7.40. The third kappa shape index (κ3) is 3.17. The van der Waals surface area contributed by atoms with Crippen LogP contribution in [0.4, 0.5) is 0 Å². The molecule has 0 radical (unpaired) electrons. The molecular weight excluding hydrogens is 228 g/mol. The van der Waals surface area contributed by atoms with Gasteiger partial charge in [-0.25, -0.2) is 0 Å². The Morgan fingerprint density at radius 2 is 1.31 bits per heavy atom. The standard InChI is InChI=1S/C6H10N2O8/c9-3-1-4(10)6(16-8(13)14)2-5(3)15-7(11)12/h3-6,9-10H,1-2H2/t3-,4-,5-,6-/m0/s1. The van der Waals surface area contributed by atoms with Gasteiger partial charge in [0.25, 0.3) is 10.2 Å². The number of aliphatic hydroxyl groups is 2. The van der Waals surface area contributed by atoms with E-state index in [0.29, 0.717) is 0 Å². The molecule has 92 valence electrons. The van der Waals surface area contributed by atoms with Crippen molar-refractivity contribution in [3.63, 3.8) is 0 Å². The van der Waals surface area contributed by atoms with Crippen LogP contribution in [0, 0.1) is 20.2 Å². The molecule has 1 aliphatic rings. The predicted molar refractivity (Wildman–Crippen MR) is 45.0 cm³/mol. The second-order valence-corrected chi connectivity index (χ2v) is 3.34. The molecule has 0 aliphatic heterocycles. The molecule has 10 heteroatoms. The zero-order valence-electron chi connectivity index (χ0n) is 7.96. The Labute approximate surface area is 88.6 Å². The fourth-order valence-corrected chi connectivity index (χ4v) is 1.54. The van der Waals surface area contributed by atoms with Gasteiger partial charge < -0.3 is 19.9 Å². The Morgan fingerprint density at radius 1 is 0.938 bits per heavy atom. The van der Waals surface area contributed by atoms with E-state index in [1.165, 1.54) is 0 Å². The van der Waals surface area contributed by atoms with Crippen molar-refractivity contribution in [3.05, 3.63) is 20.2 Å². The van der Waals surface area contributed by atoms with Crippen LogP contribution in [0.15, 0.2) is 0 Å². The van der Waals surface area contributed by atoms with Crippen molar-refractivity contribution < 1.29 is 30.1 Å². The first-order valence-corrected chi connectivity index (χ1v) is 4.38. The van der Waals surface area contributed by atoms with Crippen LogP contribution in [0.5, 0.6) is 0 Å². The molecule has 10 nitrogen and oxygen atoms in total. The monoisotopic (exact) mass is 238 g/mol. The summed E-state index contributed by atoms with van der Waals surface area (Å²) in [6, 6.07) is 0. The second-order valence-electron chi connectivity index (χ2n) is 3.34. The molecule has 0 amide bonds. The van der Waals surface area contributed by atoms with Gasteiger partial charge in [-0.2, -0.15) is 0 Å². The van der Waals surface area contributed by atoms with Crippen LogP contribution < -0.4 is 0 Å².